The minimum absolute atomic E-state index is 0.0802. The van der Waals surface area contributed by atoms with Gasteiger partial charge in [-0.15, -0.1) is 6.42 Å². The Balaban J connectivity index is 1.61. The number of carbonyl (C=O) groups is 1. The molecule has 7 nitrogen and oxygen atoms in total. The molecule has 1 atom stereocenters. The number of anilines is 2. The van der Waals surface area contributed by atoms with E-state index in [2.05, 4.69) is 16.2 Å². The molecule has 11 heteroatoms. The van der Waals surface area contributed by atoms with Gasteiger partial charge in [-0.3, -0.25) is 14.2 Å². The molecule has 0 fully saturated rings. The third-order valence-corrected chi connectivity index (χ3v) is 6.16. The number of hydrogen-bond donors (Lipinski definition) is 2. The van der Waals surface area contributed by atoms with Gasteiger partial charge in [-0.2, -0.15) is 13.2 Å². The van der Waals surface area contributed by atoms with E-state index in [0.717, 1.165) is 18.2 Å². The van der Waals surface area contributed by atoms with Crippen LogP contribution in [0.4, 0.5) is 29.2 Å². The van der Waals surface area contributed by atoms with Gasteiger partial charge in [0, 0.05) is 18.7 Å². The van der Waals surface area contributed by atoms with Crippen molar-refractivity contribution in [3.05, 3.63) is 86.6 Å². The molecule has 0 spiro atoms. The fourth-order valence-corrected chi connectivity index (χ4v) is 4.15. The topological polar surface area (TPSA) is 93.2 Å². The van der Waals surface area contributed by atoms with Crippen molar-refractivity contribution in [3.8, 4) is 12.3 Å². The third kappa shape index (κ3) is 5.28. The van der Waals surface area contributed by atoms with E-state index < -0.39 is 35.1 Å². The molecule has 0 aliphatic carbocycles. The molecule has 2 heterocycles. The van der Waals surface area contributed by atoms with E-state index in [9.17, 15) is 27.2 Å². The van der Waals surface area contributed by atoms with E-state index in [1.165, 1.54) is 33.7 Å². The molecule has 1 aliphatic rings. The molecule has 4 rings (SSSR count). The van der Waals surface area contributed by atoms with Crippen molar-refractivity contribution in [2.45, 2.75) is 38.7 Å². The Labute approximate surface area is 209 Å². The number of nitrogens with two attached hydrogens (primary N) is 1. The zero-order valence-corrected chi connectivity index (χ0v) is 19.8. The van der Waals surface area contributed by atoms with Crippen molar-refractivity contribution >= 4 is 17.5 Å². The van der Waals surface area contributed by atoms with Crippen molar-refractivity contribution in [1.82, 2.24) is 14.5 Å². The van der Waals surface area contributed by atoms with Gasteiger partial charge in [-0.1, -0.05) is 18.1 Å². The van der Waals surface area contributed by atoms with Gasteiger partial charge >= 0.3 is 6.18 Å². The zero-order chi connectivity index (χ0) is 26.9. The Bertz CT molecular complexity index is 1440. The normalized spacial score (nSPS) is 14.0. The molecule has 2 aromatic carbocycles. The lowest BCUT2D eigenvalue weighted by Crippen LogP contribution is -2.42. The van der Waals surface area contributed by atoms with Crippen LogP contribution < -0.4 is 16.6 Å². The van der Waals surface area contributed by atoms with E-state index in [4.69, 9.17) is 12.2 Å². The molecule has 0 saturated heterocycles. The minimum Gasteiger partial charge on any atom is -0.399 e. The average molecular weight is 513 g/mol. The SMILES string of the molecule is C#CCn1c(N[C@@H](C)c2ccc(C(F)(F)F)cc2)nc2c(c1=O)CN(C(=O)c1ccc(N)cc1F)CC2. The molecule has 3 N–H and O–H groups in total. The highest BCUT2D eigenvalue weighted by molar-refractivity contribution is 5.95. The molecule has 0 bridgehead atoms. The highest BCUT2D eigenvalue weighted by atomic mass is 19.4. The molecule has 3 aromatic rings. The van der Waals surface area contributed by atoms with Crippen molar-refractivity contribution in [3.63, 3.8) is 0 Å². The van der Waals surface area contributed by atoms with E-state index in [1.807, 2.05) is 0 Å². The fraction of sp³-hybridized carbons (Fsp3) is 0.269. The van der Waals surface area contributed by atoms with Crippen LogP contribution in [0.25, 0.3) is 0 Å². The van der Waals surface area contributed by atoms with Crippen LogP contribution >= 0.6 is 0 Å². The highest BCUT2D eigenvalue weighted by Gasteiger charge is 2.31. The van der Waals surface area contributed by atoms with Gasteiger partial charge < -0.3 is 16.0 Å². The molecular weight excluding hydrogens is 490 g/mol. The Morgan fingerprint density at radius 1 is 1.24 bits per heavy atom. The Morgan fingerprint density at radius 2 is 1.95 bits per heavy atom. The van der Waals surface area contributed by atoms with Gasteiger partial charge in [0.15, 0.2) is 0 Å². The lowest BCUT2D eigenvalue weighted by Gasteiger charge is -2.29. The van der Waals surface area contributed by atoms with Crippen LogP contribution in [0.15, 0.2) is 47.3 Å². The van der Waals surface area contributed by atoms with Gasteiger partial charge in [-0.25, -0.2) is 9.37 Å². The molecule has 0 radical (unpaired) electrons. The number of amides is 1. The van der Waals surface area contributed by atoms with E-state index in [-0.39, 0.29) is 48.8 Å². The minimum atomic E-state index is -4.45. The first-order chi connectivity index (χ1) is 17.5. The average Bonchev–Trinajstić information content (AvgIpc) is 2.85. The number of terminal acetylenes is 1. The predicted octanol–water partition coefficient (Wildman–Crippen LogP) is 3.99. The molecule has 0 saturated carbocycles. The van der Waals surface area contributed by atoms with Gasteiger partial charge in [0.25, 0.3) is 11.5 Å². The van der Waals surface area contributed by atoms with Crippen molar-refractivity contribution in [1.29, 1.82) is 0 Å². The highest BCUT2D eigenvalue weighted by Crippen LogP contribution is 2.30. The number of hydrogen-bond acceptors (Lipinski definition) is 5. The maximum Gasteiger partial charge on any atom is 0.416 e. The van der Waals surface area contributed by atoms with Gasteiger partial charge in [0.1, 0.15) is 5.82 Å². The van der Waals surface area contributed by atoms with E-state index >= 15 is 0 Å². The first-order valence-electron chi connectivity index (χ1n) is 11.3. The summed E-state index contributed by atoms with van der Waals surface area (Å²) < 4.78 is 54.2. The number of benzene rings is 2. The van der Waals surface area contributed by atoms with E-state index in [1.54, 1.807) is 6.92 Å². The Morgan fingerprint density at radius 3 is 2.57 bits per heavy atom. The number of halogens is 4. The number of aromatic nitrogens is 2. The second-order valence-electron chi connectivity index (χ2n) is 8.66. The molecule has 1 aromatic heterocycles. The zero-order valence-electron chi connectivity index (χ0n) is 19.8. The number of fused-ring (bicyclic) bond motifs is 1. The molecule has 0 unspecified atom stereocenters. The van der Waals surface area contributed by atoms with Crippen LogP contribution in [0, 0.1) is 18.2 Å². The first kappa shape index (κ1) is 25.8. The predicted molar refractivity (Wildman–Crippen MR) is 130 cm³/mol. The van der Waals surface area contributed by atoms with Crippen LogP contribution in [-0.2, 0) is 25.7 Å². The van der Waals surface area contributed by atoms with Crippen LogP contribution in [0.3, 0.4) is 0 Å². The summed E-state index contributed by atoms with van der Waals surface area (Å²) in [4.78, 5) is 32.2. The monoisotopic (exact) mass is 513 g/mol. The van der Waals surface area contributed by atoms with E-state index in [0.29, 0.717) is 11.3 Å². The van der Waals surface area contributed by atoms with Gasteiger partial charge in [-0.05, 0) is 42.8 Å². The van der Waals surface area contributed by atoms with Crippen LogP contribution in [0.2, 0.25) is 0 Å². The standard InChI is InChI=1S/C26H23F4N5O2/c1-3-11-35-24(37)20-14-34(23(36)19-9-8-18(31)13-21(19)27)12-10-22(20)33-25(35)32-15(2)16-4-6-17(7-5-16)26(28,29)30/h1,4-9,13,15H,10-12,14,31H2,2H3,(H,32,33)/t15-/m0/s1. The van der Waals surface area contributed by atoms with Gasteiger partial charge in [0.2, 0.25) is 5.95 Å². The number of rotatable bonds is 5. The number of nitrogens with zero attached hydrogens (tertiary/aromatic N) is 3. The van der Waals surface area contributed by atoms with Crippen molar-refractivity contribution in [2.75, 3.05) is 17.6 Å². The summed E-state index contributed by atoms with van der Waals surface area (Å²) >= 11 is 0. The van der Waals surface area contributed by atoms with Crippen LogP contribution in [-0.4, -0.2) is 26.9 Å². The summed E-state index contributed by atoms with van der Waals surface area (Å²) in [5.41, 5.74) is 5.64. The number of nitrogen functional groups attached to an aromatic ring is 1. The third-order valence-electron chi connectivity index (χ3n) is 6.16. The molecule has 37 heavy (non-hydrogen) atoms. The fourth-order valence-electron chi connectivity index (χ4n) is 4.15. The Kier molecular flexibility index (Phi) is 6.94. The summed E-state index contributed by atoms with van der Waals surface area (Å²) in [7, 11) is 0. The summed E-state index contributed by atoms with van der Waals surface area (Å²) in [6.07, 6.45) is 1.26. The largest absolute Gasteiger partial charge is 0.416 e. The van der Waals surface area contributed by atoms with Crippen molar-refractivity contribution in [2.24, 2.45) is 0 Å². The summed E-state index contributed by atoms with van der Waals surface area (Å²) in [5.74, 6) is 1.23. The summed E-state index contributed by atoms with van der Waals surface area (Å²) in [6.45, 7) is 1.72. The first-order valence-corrected chi connectivity index (χ1v) is 11.3. The second-order valence-corrected chi connectivity index (χ2v) is 8.66. The van der Waals surface area contributed by atoms with Crippen molar-refractivity contribution < 1.29 is 22.4 Å². The second kappa shape index (κ2) is 9.97. The molecule has 1 aliphatic heterocycles. The van der Waals surface area contributed by atoms with Gasteiger partial charge in [0.05, 0.1) is 41.5 Å². The summed E-state index contributed by atoms with van der Waals surface area (Å²) in [6, 6.07) is 7.95. The number of alkyl halides is 3. The lowest BCUT2D eigenvalue weighted by molar-refractivity contribution is -0.137. The number of carbonyl (C=O) groups excluding carboxylic acids is 1. The smallest absolute Gasteiger partial charge is 0.399 e. The molecular formula is C26H23F4N5O2. The number of nitrogens with one attached hydrogen (secondary N) is 1. The molecule has 1 amide bonds. The van der Waals surface area contributed by atoms with Crippen LogP contribution in [0.5, 0.6) is 0 Å². The van der Waals surface area contributed by atoms with Crippen LogP contribution in [0.1, 0.15) is 45.7 Å². The molecule has 192 valence electrons. The summed E-state index contributed by atoms with van der Waals surface area (Å²) in [5, 5.41) is 3.07. The maximum absolute atomic E-state index is 14.3. The lowest BCUT2D eigenvalue weighted by atomic mass is 10.0. The quantitative estimate of drug-likeness (QED) is 0.306. The maximum atomic E-state index is 14.3. The Hall–Kier alpha value is -4.33.